The van der Waals surface area contributed by atoms with E-state index >= 15 is 0 Å². The molecule has 0 aliphatic heterocycles. The number of hydrogen-bond acceptors (Lipinski definition) is 6. The van der Waals surface area contributed by atoms with Crippen LogP contribution in [0.4, 0.5) is 4.79 Å². The van der Waals surface area contributed by atoms with Crippen molar-refractivity contribution in [3.05, 3.63) is 71.8 Å². The standard InChI is InChI=1S/C30H41N3O6/c1-5-20(3)26(28(36)31-25(18-35)24(17-34)23-15-11-8-12-16-23)32-29(37)27(21(4)6-2)33-30(38)39-19-22-13-9-7-10-14-22/h7-16,18,20-21,24-27,34H,5-6,17,19H2,1-4H3,(H,31,36)(H,32,37)(H,33,38)/t20-,21-,24?,25+,26-,27-/m0/s1. The molecule has 39 heavy (non-hydrogen) atoms. The molecule has 4 N–H and O–H groups in total. The molecule has 0 spiro atoms. The third-order valence-electron chi connectivity index (χ3n) is 7.09. The molecule has 0 bridgehead atoms. The Labute approximate surface area is 230 Å². The number of amides is 3. The van der Waals surface area contributed by atoms with Gasteiger partial charge in [-0.15, -0.1) is 0 Å². The fourth-order valence-electron chi connectivity index (χ4n) is 4.15. The van der Waals surface area contributed by atoms with Crippen LogP contribution in [0.2, 0.25) is 0 Å². The summed E-state index contributed by atoms with van der Waals surface area (Å²) in [6.07, 6.45) is 1.03. The maximum Gasteiger partial charge on any atom is 0.408 e. The van der Waals surface area contributed by atoms with E-state index < -0.39 is 42.0 Å². The van der Waals surface area contributed by atoms with Crippen molar-refractivity contribution in [3.8, 4) is 0 Å². The van der Waals surface area contributed by atoms with Crippen molar-refractivity contribution in [2.45, 2.75) is 71.2 Å². The van der Waals surface area contributed by atoms with Crippen molar-refractivity contribution in [1.29, 1.82) is 0 Å². The number of ether oxygens (including phenoxy) is 1. The van der Waals surface area contributed by atoms with Crippen LogP contribution in [0.3, 0.4) is 0 Å². The van der Waals surface area contributed by atoms with Crippen molar-refractivity contribution < 1.29 is 29.0 Å². The highest BCUT2D eigenvalue weighted by Gasteiger charge is 2.34. The first-order chi connectivity index (χ1) is 18.7. The summed E-state index contributed by atoms with van der Waals surface area (Å²) in [6, 6.07) is 15.2. The summed E-state index contributed by atoms with van der Waals surface area (Å²) >= 11 is 0. The number of aliphatic hydroxyl groups is 1. The van der Waals surface area contributed by atoms with Gasteiger partial charge in [0.15, 0.2) is 0 Å². The van der Waals surface area contributed by atoms with E-state index in [2.05, 4.69) is 16.0 Å². The number of aliphatic hydroxyl groups excluding tert-OH is 1. The summed E-state index contributed by atoms with van der Waals surface area (Å²) in [5.41, 5.74) is 1.52. The zero-order valence-corrected chi connectivity index (χ0v) is 23.1. The van der Waals surface area contributed by atoms with E-state index in [4.69, 9.17) is 4.74 Å². The van der Waals surface area contributed by atoms with Gasteiger partial charge in [0.05, 0.1) is 12.6 Å². The summed E-state index contributed by atoms with van der Waals surface area (Å²) in [5, 5.41) is 18.1. The maximum atomic E-state index is 13.4. The number of nitrogens with one attached hydrogen (secondary N) is 3. The van der Waals surface area contributed by atoms with Crippen molar-refractivity contribution in [2.24, 2.45) is 11.8 Å². The topological polar surface area (TPSA) is 134 Å². The molecule has 0 fully saturated rings. The van der Waals surface area contributed by atoms with E-state index in [0.29, 0.717) is 24.7 Å². The van der Waals surface area contributed by atoms with Gasteiger partial charge in [0.2, 0.25) is 11.8 Å². The van der Waals surface area contributed by atoms with Gasteiger partial charge in [0.25, 0.3) is 0 Å². The SMILES string of the molecule is CC[C@H](C)[C@H](NC(=O)OCc1ccccc1)C(=O)N[C@H](C(=O)N[C@H](C=O)C(CO)c1ccccc1)[C@@H](C)CC. The lowest BCUT2D eigenvalue weighted by Gasteiger charge is -2.30. The third kappa shape index (κ3) is 9.51. The number of carbonyl (C=O) groups is 4. The predicted octanol–water partition coefficient (Wildman–Crippen LogP) is 3.32. The van der Waals surface area contributed by atoms with Crippen molar-refractivity contribution in [2.75, 3.05) is 6.61 Å². The molecule has 0 heterocycles. The van der Waals surface area contributed by atoms with Gasteiger partial charge in [-0.3, -0.25) is 9.59 Å². The molecular formula is C30H41N3O6. The van der Waals surface area contributed by atoms with Gasteiger partial charge in [-0.25, -0.2) is 4.79 Å². The van der Waals surface area contributed by atoms with E-state index in [-0.39, 0.29) is 25.0 Å². The Kier molecular flexibility index (Phi) is 13.2. The zero-order chi connectivity index (χ0) is 28.8. The van der Waals surface area contributed by atoms with Gasteiger partial charge < -0.3 is 30.6 Å². The molecule has 0 aromatic heterocycles. The largest absolute Gasteiger partial charge is 0.445 e. The number of benzene rings is 2. The van der Waals surface area contributed by atoms with Gasteiger partial charge in [0, 0.05) is 5.92 Å². The van der Waals surface area contributed by atoms with E-state index in [1.165, 1.54) is 0 Å². The first-order valence-corrected chi connectivity index (χ1v) is 13.4. The van der Waals surface area contributed by atoms with Crippen LogP contribution in [0.15, 0.2) is 60.7 Å². The summed E-state index contributed by atoms with van der Waals surface area (Å²) < 4.78 is 5.30. The van der Waals surface area contributed by atoms with Crippen LogP contribution < -0.4 is 16.0 Å². The molecular weight excluding hydrogens is 498 g/mol. The van der Waals surface area contributed by atoms with Crippen molar-refractivity contribution in [1.82, 2.24) is 16.0 Å². The summed E-state index contributed by atoms with van der Waals surface area (Å²) in [5.74, 6) is -2.22. The first kappa shape index (κ1) is 31.5. The fraction of sp³-hybridized carbons (Fsp3) is 0.467. The Hall–Kier alpha value is -3.72. The summed E-state index contributed by atoms with van der Waals surface area (Å²) in [6.45, 7) is 7.14. The molecule has 0 saturated carbocycles. The monoisotopic (exact) mass is 539 g/mol. The first-order valence-electron chi connectivity index (χ1n) is 13.4. The van der Waals surface area contributed by atoms with Crippen LogP contribution >= 0.6 is 0 Å². The Morgan fingerprint density at radius 3 is 1.85 bits per heavy atom. The third-order valence-corrected chi connectivity index (χ3v) is 7.09. The average Bonchev–Trinajstić information content (AvgIpc) is 2.97. The minimum Gasteiger partial charge on any atom is -0.445 e. The second kappa shape index (κ2) is 16.3. The molecule has 9 nitrogen and oxygen atoms in total. The van der Waals surface area contributed by atoms with E-state index in [1.54, 1.807) is 24.3 Å². The molecule has 0 saturated heterocycles. The normalized spacial score (nSPS) is 15.5. The Morgan fingerprint density at radius 2 is 1.33 bits per heavy atom. The molecule has 0 radical (unpaired) electrons. The zero-order valence-electron chi connectivity index (χ0n) is 23.1. The molecule has 9 heteroatoms. The second-order valence-electron chi connectivity index (χ2n) is 9.81. The number of alkyl carbamates (subject to hydrolysis) is 1. The molecule has 0 aliphatic rings. The van der Waals surface area contributed by atoms with E-state index in [0.717, 1.165) is 5.56 Å². The van der Waals surface area contributed by atoms with E-state index in [9.17, 15) is 24.3 Å². The molecule has 212 valence electrons. The lowest BCUT2D eigenvalue weighted by Crippen LogP contribution is -2.59. The van der Waals surface area contributed by atoms with Crippen LogP contribution in [-0.2, 0) is 25.7 Å². The Morgan fingerprint density at radius 1 is 0.821 bits per heavy atom. The minimum atomic E-state index is -0.996. The van der Waals surface area contributed by atoms with Crippen molar-refractivity contribution >= 4 is 24.2 Å². The number of aldehydes is 1. The van der Waals surface area contributed by atoms with Crippen LogP contribution in [0.5, 0.6) is 0 Å². The van der Waals surface area contributed by atoms with Crippen LogP contribution in [0, 0.1) is 11.8 Å². The highest BCUT2D eigenvalue weighted by molar-refractivity contribution is 5.92. The molecule has 0 aliphatic carbocycles. The highest BCUT2D eigenvalue weighted by atomic mass is 16.5. The maximum absolute atomic E-state index is 13.4. The summed E-state index contributed by atoms with van der Waals surface area (Å²) in [4.78, 5) is 51.2. The van der Waals surface area contributed by atoms with Crippen molar-refractivity contribution in [3.63, 3.8) is 0 Å². The Balaban J connectivity index is 2.14. The van der Waals surface area contributed by atoms with Gasteiger partial charge in [-0.05, 0) is 23.0 Å². The molecule has 2 aromatic rings. The van der Waals surface area contributed by atoms with Gasteiger partial charge in [-0.2, -0.15) is 0 Å². The summed E-state index contributed by atoms with van der Waals surface area (Å²) in [7, 11) is 0. The highest BCUT2D eigenvalue weighted by Crippen LogP contribution is 2.19. The molecule has 1 unspecified atom stereocenters. The number of rotatable bonds is 15. The molecule has 6 atom stereocenters. The molecule has 2 aromatic carbocycles. The average molecular weight is 540 g/mol. The van der Waals surface area contributed by atoms with Crippen LogP contribution in [0.25, 0.3) is 0 Å². The van der Waals surface area contributed by atoms with E-state index in [1.807, 2.05) is 64.1 Å². The smallest absolute Gasteiger partial charge is 0.408 e. The lowest BCUT2D eigenvalue weighted by molar-refractivity contribution is -0.133. The van der Waals surface area contributed by atoms with Crippen LogP contribution in [0.1, 0.15) is 57.6 Å². The predicted molar refractivity (Wildman–Crippen MR) is 149 cm³/mol. The lowest BCUT2D eigenvalue weighted by atomic mass is 9.91. The van der Waals surface area contributed by atoms with Gasteiger partial charge in [0.1, 0.15) is 25.0 Å². The minimum absolute atomic E-state index is 0.0555. The number of hydrogen-bond donors (Lipinski definition) is 4. The fourth-order valence-corrected chi connectivity index (χ4v) is 4.15. The van der Waals surface area contributed by atoms with Crippen LogP contribution in [-0.4, -0.2) is 54.0 Å². The van der Waals surface area contributed by atoms with Gasteiger partial charge >= 0.3 is 6.09 Å². The Bertz CT molecular complexity index is 1050. The van der Waals surface area contributed by atoms with Gasteiger partial charge in [-0.1, -0.05) is 101 Å². The quantitative estimate of drug-likeness (QED) is 0.257. The number of carbonyl (C=O) groups excluding carboxylic acids is 4. The molecule has 2 rings (SSSR count). The molecule has 3 amide bonds. The second-order valence-corrected chi connectivity index (χ2v) is 9.81.